The molecule has 3 rings (SSSR count). The van der Waals surface area contributed by atoms with Gasteiger partial charge in [0.05, 0.1) is 25.2 Å². The van der Waals surface area contributed by atoms with E-state index in [4.69, 9.17) is 9.47 Å². The monoisotopic (exact) mass is 349 g/mol. The Kier molecular flexibility index (Phi) is 6.43. The summed E-state index contributed by atoms with van der Waals surface area (Å²) in [4.78, 5) is 14.8. The van der Waals surface area contributed by atoms with Crippen LogP contribution in [-0.4, -0.2) is 49.8 Å². The van der Waals surface area contributed by atoms with Gasteiger partial charge >= 0.3 is 0 Å². The molecule has 2 aliphatic heterocycles. The molecule has 0 spiro atoms. The summed E-state index contributed by atoms with van der Waals surface area (Å²) in [6.07, 6.45) is 3.84. The molecular weight excluding hydrogens is 321 g/mol. The van der Waals surface area contributed by atoms with Crippen LogP contribution in [0, 0.1) is 11.7 Å². The average molecular weight is 349 g/mol. The molecule has 0 aliphatic carbocycles. The van der Waals surface area contributed by atoms with Gasteiger partial charge in [0, 0.05) is 25.6 Å². The Hall–Kier alpha value is -1.46. The van der Waals surface area contributed by atoms with Crippen molar-refractivity contribution in [2.24, 2.45) is 5.92 Å². The summed E-state index contributed by atoms with van der Waals surface area (Å²) in [5, 5.41) is 0. The maximum Gasteiger partial charge on any atom is 0.230 e. The molecule has 0 N–H and O–H groups in total. The van der Waals surface area contributed by atoms with Gasteiger partial charge in [-0.3, -0.25) is 4.79 Å². The summed E-state index contributed by atoms with van der Waals surface area (Å²) >= 11 is 0. The zero-order valence-electron chi connectivity index (χ0n) is 15.0. The normalized spacial score (nSPS) is 23.0. The number of likely N-dealkylation sites (tertiary alicyclic amines) is 1. The number of ether oxygens (including phenoxy) is 2. The third kappa shape index (κ3) is 4.79. The highest BCUT2D eigenvalue weighted by Gasteiger charge is 2.29. The second-order valence-electron chi connectivity index (χ2n) is 7.10. The third-order valence-corrected chi connectivity index (χ3v) is 5.32. The predicted octanol–water partition coefficient (Wildman–Crippen LogP) is 3.36. The molecule has 1 amide bonds. The van der Waals surface area contributed by atoms with Gasteiger partial charge in [0.15, 0.2) is 0 Å². The van der Waals surface area contributed by atoms with Crippen molar-refractivity contribution in [3.05, 3.63) is 35.6 Å². The lowest BCUT2D eigenvalue weighted by Crippen LogP contribution is -2.43. The topological polar surface area (TPSA) is 38.8 Å². The van der Waals surface area contributed by atoms with Crippen LogP contribution in [0.25, 0.3) is 0 Å². The smallest absolute Gasteiger partial charge is 0.230 e. The number of nitrogens with zero attached hydrogens (tertiary/aromatic N) is 1. The quantitative estimate of drug-likeness (QED) is 0.790. The second kappa shape index (κ2) is 8.77. The maximum atomic E-state index is 13.1. The highest BCUT2D eigenvalue weighted by Crippen LogP contribution is 2.25. The van der Waals surface area contributed by atoms with Gasteiger partial charge in [0.2, 0.25) is 5.91 Å². The van der Waals surface area contributed by atoms with Gasteiger partial charge in [-0.2, -0.15) is 0 Å². The van der Waals surface area contributed by atoms with Crippen LogP contribution in [0.15, 0.2) is 24.3 Å². The van der Waals surface area contributed by atoms with Gasteiger partial charge < -0.3 is 14.4 Å². The molecule has 1 aromatic carbocycles. The molecule has 138 valence electrons. The Morgan fingerprint density at radius 1 is 1.28 bits per heavy atom. The molecule has 2 fully saturated rings. The van der Waals surface area contributed by atoms with E-state index in [-0.39, 0.29) is 23.7 Å². The van der Waals surface area contributed by atoms with E-state index in [2.05, 4.69) is 0 Å². The van der Waals surface area contributed by atoms with Gasteiger partial charge in [-0.1, -0.05) is 19.1 Å². The standard InChI is InChI=1S/C20H28FNO3/c1-2-19(16-3-5-17(21)6-4-16)20(23)22-10-7-18(8-11-22)25-14-15-9-12-24-13-15/h3-6,15,18-19H,2,7-14H2,1H3. The van der Waals surface area contributed by atoms with Gasteiger partial charge in [-0.05, 0) is 43.4 Å². The van der Waals surface area contributed by atoms with Crippen molar-refractivity contribution in [2.75, 3.05) is 32.9 Å². The predicted molar refractivity (Wildman–Crippen MR) is 93.9 cm³/mol. The fourth-order valence-corrected chi connectivity index (χ4v) is 3.70. The van der Waals surface area contributed by atoms with Gasteiger partial charge in [-0.25, -0.2) is 4.39 Å². The third-order valence-electron chi connectivity index (χ3n) is 5.32. The number of carbonyl (C=O) groups excluding carboxylic acids is 1. The van der Waals surface area contributed by atoms with E-state index in [0.717, 1.165) is 64.2 Å². The van der Waals surface area contributed by atoms with Crippen molar-refractivity contribution < 1.29 is 18.7 Å². The molecule has 25 heavy (non-hydrogen) atoms. The minimum atomic E-state index is -0.267. The minimum absolute atomic E-state index is 0.150. The van der Waals surface area contributed by atoms with E-state index in [1.54, 1.807) is 12.1 Å². The highest BCUT2D eigenvalue weighted by atomic mass is 19.1. The minimum Gasteiger partial charge on any atom is -0.381 e. The summed E-state index contributed by atoms with van der Waals surface area (Å²) in [6.45, 7) is 5.91. The number of hydrogen-bond acceptors (Lipinski definition) is 3. The zero-order chi connectivity index (χ0) is 17.6. The zero-order valence-corrected chi connectivity index (χ0v) is 15.0. The van der Waals surface area contributed by atoms with Crippen LogP contribution in [0.1, 0.15) is 44.1 Å². The number of carbonyl (C=O) groups is 1. The molecule has 0 saturated carbocycles. The molecule has 1 aromatic rings. The first-order valence-electron chi connectivity index (χ1n) is 9.41. The first-order valence-corrected chi connectivity index (χ1v) is 9.41. The Labute approximate surface area is 149 Å². The van der Waals surface area contributed by atoms with Crippen molar-refractivity contribution in [1.29, 1.82) is 0 Å². The molecule has 2 unspecified atom stereocenters. The van der Waals surface area contributed by atoms with E-state index in [9.17, 15) is 9.18 Å². The SMILES string of the molecule is CCC(C(=O)N1CCC(OCC2CCOC2)CC1)c1ccc(F)cc1. The lowest BCUT2D eigenvalue weighted by molar-refractivity contribution is -0.135. The summed E-state index contributed by atoms with van der Waals surface area (Å²) in [6, 6.07) is 6.30. The van der Waals surface area contributed by atoms with Crippen molar-refractivity contribution >= 4 is 5.91 Å². The largest absolute Gasteiger partial charge is 0.381 e. The number of piperidine rings is 1. The van der Waals surface area contributed by atoms with E-state index in [1.807, 2.05) is 11.8 Å². The molecule has 0 radical (unpaired) electrons. The molecule has 2 heterocycles. The molecule has 0 aromatic heterocycles. The summed E-state index contributed by atoms with van der Waals surface area (Å²) in [5.41, 5.74) is 0.897. The number of halogens is 1. The molecule has 4 nitrogen and oxygen atoms in total. The number of rotatable bonds is 6. The van der Waals surface area contributed by atoms with Crippen LogP contribution in [-0.2, 0) is 14.3 Å². The molecule has 2 aliphatic rings. The van der Waals surface area contributed by atoms with Crippen LogP contribution in [0.2, 0.25) is 0 Å². The lowest BCUT2D eigenvalue weighted by Gasteiger charge is -2.34. The fraction of sp³-hybridized carbons (Fsp3) is 0.650. The van der Waals surface area contributed by atoms with E-state index in [0.29, 0.717) is 5.92 Å². The number of benzene rings is 1. The number of hydrogen-bond donors (Lipinski definition) is 0. The maximum absolute atomic E-state index is 13.1. The average Bonchev–Trinajstić information content (AvgIpc) is 3.16. The highest BCUT2D eigenvalue weighted by molar-refractivity contribution is 5.83. The molecule has 5 heteroatoms. The van der Waals surface area contributed by atoms with Crippen molar-refractivity contribution in [3.63, 3.8) is 0 Å². The lowest BCUT2D eigenvalue weighted by atomic mass is 9.94. The Morgan fingerprint density at radius 2 is 2.00 bits per heavy atom. The van der Waals surface area contributed by atoms with Gasteiger partial charge in [-0.15, -0.1) is 0 Å². The second-order valence-corrected chi connectivity index (χ2v) is 7.10. The van der Waals surface area contributed by atoms with Crippen molar-refractivity contribution in [1.82, 2.24) is 4.90 Å². The Bertz CT molecular complexity index is 549. The molecule has 0 bridgehead atoms. The Balaban J connectivity index is 1.48. The molecule has 2 saturated heterocycles. The van der Waals surface area contributed by atoms with Gasteiger partial charge in [0.1, 0.15) is 5.82 Å². The first-order chi connectivity index (χ1) is 12.2. The van der Waals surface area contributed by atoms with E-state index >= 15 is 0 Å². The number of amides is 1. The van der Waals surface area contributed by atoms with Crippen LogP contribution in [0.3, 0.4) is 0 Å². The summed E-state index contributed by atoms with van der Waals surface area (Å²) in [7, 11) is 0. The van der Waals surface area contributed by atoms with Crippen molar-refractivity contribution in [3.8, 4) is 0 Å². The Morgan fingerprint density at radius 3 is 2.60 bits per heavy atom. The molecule has 2 atom stereocenters. The fourth-order valence-electron chi connectivity index (χ4n) is 3.70. The van der Waals surface area contributed by atoms with Crippen LogP contribution >= 0.6 is 0 Å². The van der Waals surface area contributed by atoms with E-state index in [1.165, 1.54) is 12.1 Å². The first kappa shape index (κ1) is 18.3. The van der Waals surface area contributed by atoms with Crippen LogP contribution < -0.4 is 0 Å². The van der Waals surface area contributed by atoms with Gasteiger partial charge in [0.25, 0.3) is 0 Å². The van der Waals surface area contributed by atoms with Crippen LogP contribution in [0.4, 0.5) is 4.39 Å². The summed E-state index contributed by atoms with van der Waals surface area (Å²) in [5.74, 6) is 0.227. The summed E-state index contributed by atoms with van der Waals surface area (Å²) < 4.78 is 24.5. The molecular formula is C20H28FNO3. The van der Waals surface area contributed by atoms with Crippen LogP contribution in [0.5, 0.6) is 0 Å². The van der Waals surface area contributed by atoms with E-state index < -0.39 is 0 Å². The van der Waals surface area contributed by atoms with Crippen molar-refractivity contribution in [2.45, 2.75) is 44.6 Å².